The minimum absolute atomic E-state index is 0.115. The Labute approximate surface area is 122 Å². The Balaban J connectivity index is 1.92. The molecule has 20 heavy (non-hydrogen) atoms. The van der Waals surface area contributed by atoms with Gasteiger partial charge in [0.2, 0.25) is 0 Å². The number of halogens is 1. The van der Waals surface area contributed by atoms with Crippen LogP contribution in [0.15, 0.2) is 48.7 Å². The molecule has 100 valence electrons. The number of ketones is 1. The van der Waals surface area contributed by atoms with Crippen molar-refractivity contribution in [3.8, 4) is 0 Å². The molecule has 0 bridgehead atoms. The third kappa shape index (κ3) is 2.47. The summed E-state index contributed by atoms with van der Waals surface area (Å²) in [6.07, 6.45) is 2.18. The minimum atomic E-state index is 0.115. The van der Waals surface area contributed by atoms with E-state index in [2.05, 4.69) is 4.98 Å². The lowest BCUT2D eigenvalue weighted by Crippen LogP contribution is -2.02. The van der Waals surface area contributed by atoms with Crippen molar-refractivity contribution in [2.75, 3.05) is 0 Å². The second-order valence-electron chi connectivity index (χ2n) is 4.98. The summed E-state index contributed by atoms with van der Waals surface area (Å²) >= 11 is 5.85. The highest BCUT2D eigenvalue weighted by Crippen LogP contribution is 2.21. The quantitative estimate of drug-likeness (QED) is 0.703. The number of aromatic nitrogens is 1. The van der Waals surface area contributed by atoms with Crippen LogP contribution in [-0.2, 0) is 6.42 Å². The normalized spacial score (nSPS) is 10.9. The number of carbonyl (C=O) groups is 1. The van der Waals surface area contributed by atoms with E-state index in [0.717, 1.165) is 27.6 Å². The topological polar surface area (TPSA) is 32.9 Å². The smallest absolute Gasteiger partial charge is 0.169 e. The van der Waals surface area contributed by atoms with Gasteiger partial charge in [0.15, 0.2) is 5.78 Å². The van der Waals surface area contributed by atoms with Crippen LogP contribution in [0.1, 0.15) is 21.5 Å². The molecule has 2 nitrogen and oxygen atoms in total. The van der Waals surface area contributed by atoms with Crippen LogP contribution in [0.4, 0.5) is 0 Å². The van der Waals surface area contributed by atoms with E-state index in [1.807, 2.05) is 49.4 Å². The molecule has 0 spiro atoms. The SMILES string of the molecule is Cc1ccc2[nH]cc(C(=O)Cc3ccc(Cl)cc3)c2c1. The summed E-state index contributed by atoms with van der Waals surface area (Å²) in [6.45, 7) is 2.03. The third-order valence-electron chi connectivity index (χ3n) is 3.42. The number of aryl methyl sites for hydroxylation is 1. The van der Waals surface area contributed by atoms with Gasteiger partial charge < -0.3 is 4.98 Å². The van der Waals surface area contributed by atoms with Gasteiger partial charge >= 0.3 is 0 Å². The molecule has 0 aliphatic heterocycles. The van der Waals surface area contributed by atoms with Gasteiger partial charge in [-0.2, -0.15) is 0 Å². The molecule has 0 unspecified atom stereocenters. The van der Waals surface area contributed by atoms with E-state index < -0.39 is 0 Å². The number of aromatic amines is 1. The van der Waals surface area contributed by atoms with Crippen LogP contribution in [0, 0.1) is 6.92 Å². The predicted octanol–water partition coefficient (Wildman–Crippen LogP) is 4.56. The first-order valence-electron chi connectivity index (χ1n) is 6.49. The number of carbonyl (C=O) groups excluding carboxylic acids is 1. The number of hydrogen-bond donors (Lipinski definition) is 1. The number of Topliss-reactive ketones (excluding diaryl/α,β-unsaturated/α-hetero) is 1. The van der Waals surface area contributed by atoms with Gasteiger partial charge in [-0.3, -0.25) is 4.79 Å². The second kappa shape index (κ2) is 5.14. The van der Waals surface area contributed by atoms with Crippen molar-refractivity contribution < 1.29 is 4.79 Å². The number of fused-ring (bicyclic) bond motifs is 1. The van der Waals surface area contributed by atoms with E-state index in [0.29, 0.717) is 11.4 Å². The van der Waals surface area contributed by atoms with Crippen molar-refractivity contribution in [1.82, 2.24) is 4.98 Å². The molecule has 0 saturated carbocycles. The molecule has 1 N–H and O–H groups in total. The van der Waals surface area contributed by atoms with E-state index in [1.54, 1.807) is 6.20 Å². The molecular weight excluding hydrogens is 270 g/mol. The van der Waals surface area contributed by atoms with Crippen molar-refractivity contribution in [1.29, 1.82) is 0 Å². The molecule has 0 aliphatic carbocycles. The zero-order chi connectivity index (χ0) is 14.1. The summed E-state index contributed by atoms with van der Waals surface area (Å²) in [5, 5.41) is 1.67. The molecule has 3 heteroatoms. The van der Waals surface area contributed by atoms with Gasteiger partial charge in [-0.1, -0.05) is 35.4 Å². The van der Waals surface area contributed by atoms with Crippen molar-refractivity contribution >= 4 is 28.3 Å². The molecule has 0 amide bonds. The fourth-order valence-corrected chi connectivity index (χ4v) is 2.47. The van der Waals surface area contributed by atoms with E-state index in [4.69, 9.17) is 11.6 Å². The highest BCUT2D eigenvalue weighted by Gasteiger charge is 2.12. The van der Waals surface area contributed by atoms with Crippen LogP contribution < -0.4 is 0 Å². The van der Waals surface area contributed by atoms with Crippen molar-refractivity contribution in [2.24, 2.45) is 0 Å². The fourth-order valence-electron chi connectivity index (χ4n) is 2.35. The van der Waals surface area contributed by atoms with Crippen LogP contribution in [0.25, 0.3) is 10.9 Å². The molecule has 2 aromatic carbocycles. The average Bonchev–Trinajstić information content (AvgIpc) is 2.84. The maximum absolute atomic E-state index is 12.4. The van der Waals surface area contributed by atoms with E-state index in [1.165, 1.54) is 0 Å². The number of H-pyrrole nitrogens is 1. The Bertz CT molecular complexity index is 771. The van der Waals surface area contributed by atoms with E-state index >= 15 is 0 Å². The average molecular weight is 284 g/mol. The number of nitrogens with one attached hydrogen (secondary N) is 1. The van der Waals surface area contributed by atoms with Crippen LogP contribution in [0.2, 0.25) is 5.02 Å². The molecule has 1 heterocycles. The maximum atomic E-state index is 12.4. The standard InChI is InChI=1S/C17H14ClNO/c1-11-2-7-16-14(8-11)15(10-19-16)17(20)9-12-3-5-13(18)6-4-12/h2-8,10,19H,9H2,1H3. The lowest BCUT2D eigenvalue weighted by Gasteiger charge is -2.01. The van der Waals surface area contributed by atoms with Gasteiger partial charge in [0.25, 0.3) is 0 Å². The summed E-state index contributed by atoms with van der Waals surface area (Å²) in [7, 11) is 0. The number of benzene rings is 2. The molecule has 1 aromatic heterocycles. The maximum Gasteiger partial charge on any atom is 0.169 e. The van der Waals surface area contributed by atoms with Crippen LogP contribution in [0.3, 0.4) is 0 Å². The molecule has 0 radical (unpaired) electrons. The third-order valence-corrected chi connectivity index (χ3v) is 3.67. The van der Waals surface area contributed by atoms with Gasteiger partial charge in [-0.05, 0) is 36.8 Å². The molecular formula is C17H14ClNO. The molecule has 0 atom stereocenters. The Morgan fingerprint density at radius 1 is 1.15 bits per heavy atom. The van der Waals surface area contributed by atoms with Gasteiger partial charge in [0.1, 0.15) is 0 Å². The van der Waals surface area contributed by atoms with Crippen LogP contribution >= 0.6 is 11.6 Å². The van der Waals surface area contributed by atoms with Crippen molar-refractivity contribution in [2.45, 2.75) is 13.3 Å². The van der Waals surface area contributed by atoms with E-state index in [-0.39, 0.29) is 5.78 Å². The monoisotopic (exact) mass is 283 g/mol. The number of rotatable bonds is 3. The first-order valence-corrected chi connectivity index (χ1v) is 6.86. The van der Waals surface area contributed by atoms with Crippen LogP contribution in [-0.4, -0.2) is 10.8 Å². The van der Waals surface area contributed by atoms with Crippen LogP contribution in [0.5, 0.6) is 0 Å². The van der Waals surface area contributed by atoms with Gasteiger partial charge in [-0.25, -0.2) is 0 Å². The number of hydrogen-bond acceptors (Lipinski definition) is 1. The van der Waals surface area contributed by atoms with Crippen molar-refractivity contribution in [3.05, 3.63) is 70.4 Å². The van der Waals surface area contributed by atoms with Crippen molar-refractivity contribution in [3.63, 3.8) is 0 Å². The summed E-state index contributed by atoms with van der Waals surface area (Å²) in [5.41, 5.74) is 3.87. The van der Waals surface area contributed by atoms with E-state index in [9.17, 15) is 4.79 Å². The predicted molar refractivity (Wildman–Crippen MR) is 82.5 cm³/mol. The Kier molecular flexibility index (Phi) is 3.33. The lowest BCUT2D eigenvalue weighted by molar-refractivity contribution is 0.0994. The Morgan fingerprint density at radius 2 is 1.90 bits per heavy atom. The minimum Gasteiger partial charge on any atom is -0.360 e. The van der Waals surface area contributed by atoms with Gasteiger partial charge in [0.05, 0.1) is 0 Å². The second-order valence-corrected chi connectivity index (χ2v) is 5.41. The zero-order valence-corrected chi connectivity index (χ0v) is 11.9. The molecule has 0 aliphatic rings. The van der Waals surface area contributed by atoms with Gasteiger partial charge in [-0.15, -0.1) is 0 Å². The molecule has 3 rings (SSSR count). The highest BCUT2D eigenvalue weighted by atomic mass is 35.5. The zero-order valence-electron chi connectivity index (χ0n) is 11.1. The fraction of sp³-hybridized carbons (Fsp3) is 0.118. The molecule has 0 saturated heterocycles. The Morgan fingerprint density at radius 3 is 2.65 bits per heavy atom. The summed E-state index contributed by atoms with van der Waals surface area (Å²) in [6, 6.07) is 13.5. The van der Waals surface area contributed by atoms with Gasteiger partial charge in [0, 0.05) is 34.1 Å². The lowest BCUT2D eigenvalue weighted by atomic mass is 10.0. The molecule has 3 aromatic rings. The first kappa shape index (κ1) is 12.9. The largest absolute Gasteiger partial charge is 0.360 e. The molecule has 0 fully saturated rings. The first-order chi connectivity index (χ1) is 9.63. The summed E-state index contributed by atoms with van der Waals surface area (Å²) in [5.74, 6) is 0.115. The summed E-state index contributed by atoms with van der Waals surface area (Å²) < 4.78 is 0. The summed E-state index contributed by atoms with van der Waals surface area (Å²) in [4.78, 5) is 15.6. The Hall–Kier alpha value is -2.06. The highest BCUT2D eigenvalue weighted by molar-refractivity contribution is 6.30.